The molecule has 1 aromatic carbocycles. The summed E-state index contributed by atoms with van der Waals surface area (Å²) in [5, 5.41) is 7.22. The maximum absolute atomic E-state index is 12.7. The predicted molar refractivity (Wildman–Crippen MR) is 113 cm³/mol. The van der Waals surface area contributed by atoms with E-state index in [4.69, 9.17) is 0 Å². The highest BCUT2D eigenvalue weighted by molar-refractivity contribution is 6.04. The van der Waals surface area contributed by atoms with Crippen LogP contribution in [0.25, 0.3) is 0 Å². The van der Waals surface area contributed by atoms with Gasteiger partial charge in [-0.2, -0.15) is 5.10 Å². The van der Waals surface area contributed by atoms with Crippen LogP contribution in [0.1, 0.15) is 45.3 Å². The number of likely N-dealkylation sites (tertiary alicyclic amines) is 1. The van der Waals surface area contributed by atoms with E-state index in [0.717, 1.165) is 24.2 Å². The quantitative estimate of drug-likeness (QED) is 0.696. The van der Waals surface area contributed by atoms with Crippen LogP contribution in [-0.2, 0) is 0 Å². The molecule has 1 aliphatic rings. The number of anilines is 1. The highest BCUT2D eigenvalue weighted by Crippen LogP contribution is 2.28. The highest BCUT2D eigenvalue weighted by Gasteiger charge is 2.27. The van der Waals surface area contributed by atoms with Crippen molar-refractivity contribution >= 4 is 17.5 Å². The number of hydrogen-bond donors (Lipinski definition) is 2. The number of nitrogens with one attached hydrogen (secondary N) is 2. The van der Waals surface area contributed by atoms with Gasteiger partial charge in [-0.1, -0.05) is 18.2 Å². The summed E-state index contributed by atoms with van der Waals surface area (Å²) < 4.78 is 0. The van der Waals surface area contributed by atoms with Crippen LogP contribution in [0, 0.1) is 0 Å². The van der Waals surface area contributed by atoms with E-state index in [9.17, 15) is 14.4 Å². The normalized spacial score (nSPS) is 14.5. The van der Waals surface area contributed by atoms with Gasteiger partial charge in [-0.25, -0.2) is 0 Å². The number of H-pyrrole nitrogens is 2. The summed E-state index contributed by atoms with van der Waals surface area (Å²) in [6.07, 6.45) is 3.01. The van der Waals surface area contributed by atoms with E-state index in [-0.39, 0.29) is 23.3 Å². The van der Waals surface area contributed by atoms with Crippen molar-refractivity contribution in [1.82, 2.24) is 20.1 Å². The second kappa shape index (κ2) is 8.36. The van der Waals surface area contributed by atoms with Crippen molar-refractivity contribution in [3.05, 3.63) is 82.0 Å². The van der Waals surface area contributed by atoms with Gasteiger partial charge in [0.05, 0.1) is 5.56 Å². The van der Waals surface area contributed by atoms with Crippen LogP contribution < -0.4 is 10.5 Å². The van der Waals surface area contributed by atoms with Crippen LogP contribution in [0.4, 0.5) is 5.69 Å². The molecule has 8 heteroatoms. The second-order valence-electron chi connectivity index (χ2n) is 7.42. The van der Waals surface area contributed by atoms with E-state index in [2.05, 4.69) is 15.2 Å². The number of aromatic nitrogens is 3. The highest BCUT2D eigenvalue weighted by atomic mass is 16.2. The minimum Gasteiger partial charge on any atom is -0.339 e. The van der Waals surface area contributed by atoms with Crippen molar-refractivity contribution in [2.75, 3.05) is 25.0 Å². The standard InChI is InChI=1S/C22H23N5O3/c1-26(17-5-3-2-4-6-17)22(30)19-13-18(24-25-19)15-9-11-27(12-10-15)21(29)16-7-8-20(28)23-14-16/h2-8,13-15H,9-12H2,1H3,(H,23,28)(H,24,25). The van der Waals surface area contributed by atoms with Gasteiger partial charge >= 0.3 is 0 Å². The van der Waals surface area contributed by atoms with E-state index in [1.807, 2.05) is 36.4 Å². The van der Waals surface area contributed by atoms with Crippen molar-refractivity contribution < 1.29 is 9.59 Å². The Labute approximate surface area is 173 Å². The number of carbonyl (C=O) groups is 2. The third-order valence-electron chi connectivity index (χ3n) is 5.52. The molecule has 1 fully saturated rings. The number of hydrogen-bond acceptors (Lipinski definition) is 4. The number of pyridine rings is 1. The fourth-order valence-electron chi connectivity index (χ4n) is 3.72. The van der Waals surface area contributed by atoms with E-state index < -0.39 is 0 Å². The monoisotopic (exact) mass is 405 g/mol. The van der Waals surface area contributed by atoms with Gasteiger partial charge in [0.25, 0.3) is 11.8 Å². The minimum atomic E-state index is -0.229. The molecule has 1 saturated heterocycles. The Morgan fingerprint density at radius 3 is 2.50 bits per heavy atom. The second-order valence-corrected chi connectivity index (χ2v) is 7.42. The number of nitrogens with zero attached hydrogens (tertiary/aromatic N) is 3. The lowest BCUT2D eigenvalue weighted by Crippen LogP contribution is -2.38. The Bertz CT molecular complexity index is 1080. The summed E-state index contributed by atoms with van der Waals surface area (Å²) in [5.74, 6) is -0.0511. The molecule has 8 nitrogen and oxygen atoms in total. The summed E-state index contributed by atoms with van der Waals surface area (Å²) in [5.41, 5.74) is 2.35. The third-order valence-corrected chi connectivity index (χ3v) is 5.52. The van der Waals surface area contributed by atoms with Crippen molar-refractivity contribution in [2.24, 2.45) is 0 Å². The molecule has 3 heterocycles. The van der Waals surface area contributed by atoms with Gasteiger partial charge in [-0.3, -0.25) is 19.5 Å². The van der Waals surface area contributed by atoms with E-state index >= 15 is 0 Å². The molecule has 154 valence electrons. The Balaban J connectivity index is 1.38. The van der Waals surface area contributed by atoms with E-state index in [1.165, 1.54) is 12.3 Å². The lowest BCUT2D eigenvalue weighted by atomic mass is 9.93. The van der Waals surface area contributed by atoms with Gasteiger partial charge in [-0.05, 0) is 37.1 Å². The van der Waals surface area contributed by atoms with Crippen LogP contribution in [0.15, 0.2) is 59.5 Å². The molecule has 2 N–H and O–H groups in total. The molecule has 0 atom stereocenters. The fourth-order valence-corrected chi connectivity index (χ4v) is 3.72. The molecule has 1 aliphatic heterocycles. The molecular formula is C22H23N5O3. The van der Waals surface area contributed by atoms with Crippen LogP contribution >= 0.6 is 0 Å². The van der Waals surface area contributed by atoms with Crippen LogP contribution in [0.5, 0.6) is 0 Å². The molecule has 2 aromatic heterocycles. The maximum atomic E-state index is 12.7. The summed E-state index contributed by atoms with van der Waals surface area (Å²) in [7, 11) is 1.73. The zero-order chi connectivity index (χ0) is 21.1. The average Bonchev–Trinajstić information content (AvgIpc) is 3.29. The number of benzene rings is 1. The lowest BCUT2D eigenvalue weighted by molar-refractivity contribution is 0.0711. The Morgan fingerprint density at radius 2 is 1.83 bits per heavy atom. The zero-order valence-electron chi connectivity index (χ0n) is 16.7. The molecule has 0 radical (unpaired) electrons. The van der Waals surface area contributed by atoms with Gasteiger partial charge in [0.15, 0.2) is 5.69 Å². The van der Waals surface area contributed by atoms with Gasteiger partial charge in [0.2, 0.25) is 5.56 Å². The minimum absolute atomic E-state index is 0.0883. The molecule has 2 amide bonds. The van der Waals surface area contributed by atoms with Crippen molar-refractivity contribution in [3.8, 4) is 0 Å². The number of amides is 2. The van der Waals surface area contributed by atoms with Gasteiger partial charge in [0, 0.05) is 49.7 Å². The molecule has 0 spiro atoms. The van der Waals surface area contributed by atoms with Gasteiger partial charge in [-0.15, -0.1) is 0 Å². The third kappa shape index (κ3) is 4.03. The van der Waals surface area contributed by atoms with Crippen molar-refractivity contribution in [3.63, 3.8) is 0 Å². The first kappa shape index (κ1) is 19.6. The zero-order valence-corrected chi connectivity index (χ0v) is 16.7. The molecule has 0 aliphatic carbocycles. The van der Waals surface area contributed by atoms with Crippen molar-refractivity contribution in [1.29, 1.82) is 0 Å². The van der Waals surface area contributed by atoms with Crippen LogP contribution in [0.3, 0.4) is 0 Å². The number of aromatic amines is 2. The first-order valence-corrected chi connectivity index (χ1v) is 9.89. The van der Waals surface area contributed by atoms with E-state index in [0.29, 0.717) is 24.3 Å². The summed E-state index contributed by atoms with van der Waals surface area (Å²) in [6, 6.07) is 14.1. The Morgan fingerprint density at radius 1 is 1.10 bits per heavy atom. The Kier molecular flexibility index (Phi) is 5.47. The number of rotatable bonds is 4. The number of carbonyl (C=O) groups excluding carboxylic acids is 2. The molecule has 0 unspecified atom stereocenters. The van der Waals surface area contributed by atoms with Crippen LogP contribution in [0.2, 0.25) is 0 Å². The SMILES string of the molecule is CN(C(=O)c1cc(C2CCN(C(=O)c3ccc(=O)[nH]c3)CC2)[nH]n1)c1ccccc1. The topological polar surface area (TPSA) is 102 Å². The summed E-state index contributed by atoms with van der Waals surface area (Å²) >= 11 is 0. The number of para-hydroxylation sites is 1. The lowest BCUT2D eigenvalue weighted by Gasteiger charge is -2.31. The first-order valence-electron chi connectivity index (χ1n) is 9.89. The molecule has 0 saturated carbocycles. The van der Waals surface area contributed by atoms with Gasteiger partial charge < -0.3 is 14.8 Å². The van der Waals surface area contributed by atoms with E-state index in [1.54, 1.807) is 22.9 Å². The summed E-state index contributed by atoms with van der Waals surface area (Å²) in [4.78, 5) is 42.4. The number of piperidine rings is 1. The fraction of sp³-hybridized carbons (Fsp3) is 0.273. The largest absolute Gasteiger partial charge is 0.339 e. The average molecular weight is 405 g/mol. The predicted octanol–water partition coefficient (Wildman–Crippen LogP) is 2.39. The molecule has 0 bridgehead atoms. The van der Waals surface area contributed by atoms with Crippen LogP contribution in [-0.4, -0.2) is 52.0 Å². The molecule has 4 rings (SSSR count). The smallest absolute Gasteiger partial charge is 0.278 e. The van der Waals surface area contributed by atoms with Gasteiger partial charge in [0.1, 0.15) is 0 Å². The van der Waals surface area contributed by atoms with Crippen molar-refractivity contribution in [2.45, 2.75) is 18.8 Å². The molecular weight excluding hydrogens is 382 g/mol. The maximum Gasteiger partial charge on any atom is 0.278 e. The Hall–Kier alpha value is -3.68. The molecule has 30 heavy (non-hydrogen) atoms. The molecule has 3 aromatic rings. The first-order chi connectivity index (χ1) is 14.5. The summed E-state index contributed by atoms with van der Waals surface area (Å²) in [6.45, 7) is 1.21.